The molecule has 0 spiro atoms. The van der Waals surface area contributed by atoms with Gasteiger partial charge < -0.3 is 9.64 Å². The molecule has 1 unspecified atom stereocenters. The van der Waals surface area contributed by atoms with Gasteiger partial charge in [0.15, 0.2) is 0 Å². The van der Waals surface area contributed by atoms with E-state index in [0.29, 0.717) is 5.92 Å². The van der Waals surface area contributed by atoms with Crippen molar-refractivity contribution < 1.29 is 9.53 Å². The molecular formula is C15H20ClNO2. The number of halogens is 1. The number of anilines is 1. The molecule has 0 bridgehead atoms. The zero-order valence-electron chi connectivity index (χ0n) is 11.9. The Morgan fingerprint density at radius 3 is 2.84 bits per heavy atom. The number of hydrogen-bond acceptors (Lipinski definition) is 3. The van der Waals surface area contributed by atoms with Crippen molar-refractivity contribution in [3.63, 3.8) is 0 Å². The van der Waals surface area contributed by atoms with Gasteiger partial charge in [0, 0.05) is 30.2 Å². The third kappa shape index (κ3) is 2.71. The highest BCUT2D eigenvalue weighted by molar-refractivity contribution is 6.30. The van der Waals surface area contributed by atoms with E-state index < -0.39 is 5.41 Å². The predicted octanol–water partition coefficient (Wildman–Crippen LogP) is 3.46. The van der Waals surface area contributed by atoms with Gasteiger partial charge in [-0.1, -0.05) is 11.6 Å². The number of methoxy groups -OCH3 is 1. The molecule has 1 atom stereocenters. The number of carbonyl (C=O) groups is 1. The summed E-state index contributed by atoms with van der Waals surface area (Å²) in [7, 11) is 3.51. The van der Waals surface area contributed by atoms with Gasteiger partial charge in [-0.15, -0.1) is 0 Å². The fraction of sp³-hybridized carbons (Fsp3) is 0.533. The number of fused-ring (bicyclic) bond motifs is 1. The molecule has 1 aliphatic heterocycles. The quantitative estimate of drug-likeness (QED) is 0.795. The van der Waals surface area contributed by atoms with E-state index in [0.717, 1.165) is 18.0 Å². The summed E-state index contributed by atoms with van der Waals surface area (Å²) in [5.74, 6) is 0.151. The standard InChI is InChI=1S/C15H20ClNO2/c1-15(2,14(18)19-4)8-10-9-17(3)13-6-5-11(16)7-12(10)13/h5-7,10H,8-9H2,1-4H3. The van der Waals surface area contributed by atoms with Crippen molar-refractivity contribution in [2.45, 2.75) is 26.2 Å². The maximum atomic E-state index is 11.8. The highest BCUT2D eigenvalue weighted by atomic mass is 35.5. The summed E-state index contributed by atoms with van der Waals surface area (Å²) in [5, 5.41) is 0.745. The van der Waals surface area contributed by atoms with Gasteiger partial charge in [0.2, 0.25) is 0 Å². The smallest absolute Gasteiger partial charge is 0.311 e. The molecule has 0 aromatic heterocycles. The van der Waals surface area contributed by atoms with E-state index in [1.165, 1.54) is 18.4 Å². The highest BCUT2D eigenvalue weighted by Gasteiger charge is 2.36. The molecule has 0 saturated carbocycles. The Labute approximate surface area is 119 Å². The van der Waals surface area contributed by atoms with Crippen LogP contribution in [0.1, 0.15) is 31.7 Å². The van der Waals surface area contributed by atoms with Crippen LogP contribution in [-0.2, 0) is 9.53 Å². The maximum absolute atomic E-state index is 11.8. The summed E-state index contributed by atoms with van der Waals surface area (Å²) in [6.07, 6.45) is 0.761. The van der Waals surface area contributed by atoms with Gasteiger partial charge in [0.1, 0.15) is 0 Å². The first kappa shape index (κ1) is 14.2. The molecule has 1 aromatic carbocycles. The Morgan fingerprint density at radius 1 is 1.53 bits per heavy atom. The molecule has 2 rings (SSSR count). The minimum atomic E-state index is -0.482. The molecule has 1 heterocycles. The Balaban J connectivity index is 2.26. The summed E-state index contributed by atoms with van der Waals surface area (Å²) in [6, 6.07) is 5.96. The highest BCUT2D eigenvalue weighted by Crippen LogP contribution is 2.42. The first-order chi connectivity index (χ1) is 8.85. The maximum Gasteiger partial charge on any atom is 0.311 e. The minimum Gasteiger partial charge on any atom is -0.469 e. The molecule has 0 aliphatic carbocycles. The van der Waals surface area contributed by atoms with Crippen molar-refractivity contribution in [1.29, 1.82) is 0 Å². The van der Waals surface area contributed by atoms with E-state index in [4.69, 9.17) is 16.3 Å². The summed E-state index contributed by atoms with van der Waals surface area (Å²) < 4.78 is 4.89. The molecule has 0 fully saturated rings. The lowest BCUT2D eigenvalue weighted by atomic mass is 9.80. The van der Waals surface area contributed by atoms with Crippen LogP contribution in [0.4, 0.5) is 5.69 Å². The van der Waals surface area contributed by atoms with Crippen molar-refractivity contribution in [3.8, 4) is 0 Å². The van der Waals surface area contributed by atoms with Crippen LogP contribution in [0, 0.1) is 5.41 Å². The number of hydrogen-bond donors (Lipinski definition) is 0. The molecule has 0 amide bonds. The van der Waals surface area contributed by atoms with Crippen molar-refractivity contribution >= 4 is 23.3 Å². The molecule has 0 saturated heterocycles. The third-order valence-corrected chi connectivity index (χ3v) is 4.06. The summed E-state index contributed by atoms with van der Waals surface area (Å²) in [4.78, 5) is 14.0. The zero-order chi connectivity index (χ0) is 14.2. The zero-order valence-corrected chi connectivity index (χ0v) is 12.6. The number of nitrogens with zero attached hydrogens (tertiary/aromatic N) is 1. The van der Waals surface area contributed by atoms with Gasteiger partial charge in [0.25, 0.3) is 0 Å². The van der Waals surface area contributed by atoms with Gasteiger partial charge in [-0.3, -0.25) is 4.79 Å². The van der Waals surface area contributed by atoms with Gasteiger partial charge >= 0.3 is 5.97 Å². The topological polar surface area (TPSA) is 29.5 Å². The summed E-state index contributed by atoms with van der Waals surface area (Å²) in [6.45, 7) is 4.78. The van der Waals surface area contributed by atoms with Crippen LogP contribution in [-0.4, -0.2) is 26.7 Å². The molecule has 1 aliphatic rings. The summed E-state index contributed by atoms with van der Waals surface area (Å²) >= 11 is 6.09. The molecule has 4 heteroatoms. The largest absolute Gasteiger partial charge is 0.469 e. The van der Waals surface area contributed by atoms with E-state index >= 15 is 0 Å². The van der Waals surface area contributed by atoms with Crippen molar-refractivity contribution in [3.05, 3.63) is 28.8 Å². The lowest BCUT2D eigenvalue weighted by Gasteiger charge is -2.25. The fourth-order valence-corrected chi connectivity index (χ4v) is 3.06. The van der Waals surface area contributed by atoms with Gasteiger partial charge in [-0.2, -0.15) is 0 Å². The number of rotatable bonds is 3. The van der Waals surface area contributed by atoms with Crippen LogP contribution >= 0.6 is 11.6 Å². The van der Waals surface area contributed by atoms with E-state index in [1.807, 2.05) is 32.0 Å². The average molecular weight is 282 g/mol. The van der Waals surface area contributed by atoms with Crippen molar-refractivity contribution in [1.82, 2.24) is 0 Å². The van der Waals surface area contributed by atoms with Gasteiger partial charge in [-0.25, -0.2) is 0 Å². The SMILES string of the molecule is COC(=O)C(C)(C)CC1CN(C)c2ccc(Cl)cc21. The Kier molecular flexibility index (Phi) is 3.77. The summed E-state index contributed by atoms with van der Waals surface area (Å²) in [5.41, 5.74) is 1.95. The van der Waals surface area contributed by atoms with Crippen LogP contribution in [0.3, 0.4) is 0 Å². The molecule has 0 N–H and O–H groups in total. The fourth-order valence-electron chi connectivity index (χ4n) is 2.88. The molecule has 3 nitrogen and oxygen atoms in total. The lowest BCUT2D eigenvalue weighted by Crippen LogP contribution is -2.29. The first-order valence-electron chi connectivity index (χ1n) is 6.44. The monoisotopic (exact) mass is 281 g/mol. The predicted molar refractivity (Wildman–Crippen MR) is 77.9 cm³/mol. The lowest BCUT2D eigenvalue weighted by molar-refractivity contribution is -0.151. The van der Waals surface area contributed by atoms with Crippen LogP contribution < -0.4 is 4.90 Å². The van der Waals surface area contributed by atoms with Gasteiger partial charge in [-0.05, 0) is 44.0 Å². The Hall–Kier alpha value is -1.22. The second-order valence-corrected chi connectivity index (χ2v) is 6.30. The molecular weight excluding hydrogens is 262 g/mol. The number of esters is 1. The van der Waals surface area contributed by atoms with E-state index in [2.05, 4.69) is 11.9 Å². The van der Waals surface area contributed by atoms with Crippen molar-refractivity contribution in [2.75, 3.05) is 25.6 Å². The third-order valence-electron chi connectivity index (χ3n) is 3.83. The minimum absolute atomic E-state index is 0.161. The second kappa shape index (κ2) is 5.04. The van der Waals surface area contributed by atoms with E-state index in [9.17, 15) is 4.79 Å². The van der Waals surface area contributed by atoms with Crippen LogP contribution in [0.25, 0.3) is 0 Å². The Morgan fingerprint density at radius 2 is 2.21 bits per heavy atom. The number of ether oxygens (including phenoxy) is 1. The van der Waals surface area contributed by atoms with Crippen LogP contribution in [0.5, 0.6) is 0 Å². The van der Waals surface area contributed by atoms with Crippen LogP contribution in [0.15, 0.2) is 18.2 Å². The van der Waals surface area contributed by atoms with Gasteiger partial charge in [0.05, 0.1) is 12.5 Å². The average Bonchev–Trinajstić information content (AvgIpc) is 2.64. The molecule has 0 radical (unpaired) electrons. The normalized spacial score (nSPS) is 18.4. The van der Waals surface area contributed by atoms with Crippen molar-refractivity contribution in [2.24, 2.45) is 5.41 Å². The van der Waals surface area contributed by atoms with E-state index in [1.54, 1.807) is 0 Å². The number of carbonyl (C=O) groups excluding carboxylic acids is 1. The molecule has 1 aromatic rings. The number of benzene rings is 1. The molecule has 19 heavy (non-hydrogen) atoms. The first-order valence-corrected chi connectivity index (χ1v) is 6.82. The Bertz CT molecular complexity index is 499. The van der Waals surface area contributed by atoms with E-state index in [-0.39, 0.29) is 5.97 Å². The second-order valence-electron chi connectivity index (χ2n) is 5.86. The molecule has 104 valence electrons. The van der Waals surface area contributed by atoms with Crippen LogP contribution in [0.2, 0.25) is 5.02 Å². The number of likely N-dealkylation sites (N-methyl/N-ethyl adjacent to an activating group) is 1.